The minimum atomic E-state index is -0.444. The van der Waals surface area contributed by atoms with Crippen molar-refractivity contribution in [2.24, 2.45) is 5.41 Å². The van der Waals surface area contributed by atoms with Crippen LogP contribution in [0.4, 0.5) is 0 Å². The van der Waals surface area contributed by atoms with Crippen LogP contribution in [-0.2, 0) is 6.42 Å². The van der Waals surface area contributed by atoms with Crippen LogP contribution >= 0.6 is 0 Å². The molecule has 1 aromatic rings. The van der Waals surface area contributed by atoms with E-state index in [4.69, 9.17) is 9.15 Å². The molecule has 2 aliphatic rings. The summed E-state index contributed by atoms with van der Waals surface area (Å²) in [5, 5.41) is 0. The van der Waals surface area contributed by atoms with Gasteiger partial charge >= 0.3 is 5.63 Å². The standard InChI is InChI=1S/C17H22O3/c1-10-7-6-8-16(4,5)17(10)9-13-14(20-17)11(2)12(3)19-15(13)18/h1,6-9H2,2-5H3. The fourth-order valence-electron chi connectivity index (χ4n) is 3.71. The van der Waals surface area contributed by atoms with Gasteiger partial charge in [-0.15, -0.1) is 0 Å². The summed E-state index contributed by atoms with van der Waals surface area (Å²) < 4.78 is 11.7. The Hall–Kier alpha value is -1.51. The molecule has 0 saturated heterocycles. The average Bonchev–Trinajstić information content (AvgIpc) is 2.77. The molecular weight excluding hydrogens is 252 g/mol. The number of fused-ring (bicyclic) bond motifs is 1. The van der Waals surface area contributed by atoms with E-state index in [9.17, 15) is 4.79 Å². The summed E-state index contributed by atoms with van der Waals surface area (Å²) in [6.45, 7) is 12.4. The highest BCUT2D eigenvalue weighted by atomic mass is 16.5. The van der Waals surface area contributed by atoms with Crippen LogP contribution in [0.3, 0.4) is 0 Å². The van der Waals surface area contributed by atoms with Crippen molar-refractivity contribution >= 4 is 0 Å². The van der Waals surface area contributed by atoms with Gasteiger partial charge in [0.1, 0.15) is 17.1 Å². The van der Waals surface area contributed by atoms with Crippen LogP contribution in [0.25, 0.3) is 0 Å². The predicted octanol–water partition coefficient (Wildman–Crippen LogP) is 3.70. The number of hydrogen-bond acceptors (Lipinski definition) is 3. The fourth-order valence-corrected chi connectivity index (χ4v) is 3.71. The van der Waals surface area contributed by atoms with Gasteiger partial charge in [0.15, 0.2) is 0 Å². The van der Waals surface area contributed by atoms with Crippen molar-refractivity contribution in [3.63, 3.8) is 0 Å². The van der Waals surface area contributed by atoms with Gasteiger partial charge in [0.25, 0.3) is 0 Å². The van der Waals surface area contributed by atoms with E-state index in [1.165, 1.54) is 0 Å². The van der Waals surface area contributed by atoms with Crippen LogP contribution in [0.1, 0.15) is 50.0 Å². The molecule has 0 radical (unpaired) electrons. The molecule has 1 spiro atoms. The topological polar surface area (TPSA) is 39.4 Å². The third-order valence-corrected chi connectivity index (χ3v) is 5.28. The zero-order valence-electron chi connectivity index (χ0n) is 12.8. The highest BCUT2D eigenvalue weighted by Gasteiger charge is 2.55. The lowest BCUT2D eigenvalue weighted by Gasteiger charge is -2.48. The largest absolute Gasteiger partial charge is 0.481 e. The van der Waals surface area contributed by atoms with Crippen molar-refractivity contribution in [2.45, 2.75) is 59.0 Å². The lowest BCUT2D eigenvalue weighted by molar-refractivity contribution is -0.0157. The van der Waals surface area contributed by atoms with E-state index in [0.717, 1.165) is 36.1 Å². The number of aryl methyl sites for hydroxylation is 1. The van der Waals surface area contributed by atoms with Gasteiger partial charge in [0.05, 0.1) is 5.56 Å². The van der Waals surface area contributed by atoms with Gasteiger partial charge in [-0.05, 0) is 38.7 Å². The smallest absolute Gasteiger partial charge is 0.343 e. The molecule has 0 amide bonds. The first-order valence-corrected chi connectivity index (χ1v) is 7.29. The Balaban J connectivity index is 2.18. The Morgan fingerprint density at radius 1 is 1.25 bits per heavy atom. The van der Waals surface area contributed by atoms with Crippen LogP contribution in [0, 0.1) is 19.3 Å². The van der Waals surface area contributed by atoms with Gasteiger partial charge in [0.2, 0.25) is 0 Å². The Morgan fingerprint density at radius 3 is 2.60 bits per heavy atom. The summed E-state index contributed by atoms with van der Waals surface area (Å²) >= 11 is 0. The molecule has 0 aromatic carbocycles. The molecular formula is C17H22O3. The molecule has 3 heteroatoms. The molecule has 20 heavy (non-hydrogen) atoms. The van der Waals surface area contributed by atoms with E-state index in [1.807, 2.05) is 13.8 Å². The molecule has 3 rings (SSSR count). The van der Waals surface area contributed by atoms with Gasteiger partial charge in [0, 0.05) is 17.4 Å². The van der Waals surface area contributed by atoms with E-state index >= 15 is 0 Å². The van der Waals surface area contributed by atoms with Gasteiger partial charge in [-0.25, -0.2) is 4.79 Å². The lowest BCUT2D eigenvalue weighted by atomic mass is 9.62. The summed E-state index contributed by atoms with van der Waals surface area (Å²) in [6, 6.07) is 0. The molecule has 1 fully saturated rings. The molecule has 1 aliphatic carbocycles. The Labute approximate surface area is 119 Å². The van der Waals surface area contributed by atoms with E-state index in [-0.39, 0.29) is 11.0 Å². The van der Waals surface area contributed by atoms with Crippen molar-refractivity contribution < 1.29 is 9.15 Å². The first-order chi connectivity index (χ1) is 9.28. The van der Waals surface area contributed by atoms with E-state index in [2.05, 4.69) is 20.4 Å². The number of rotatable bonds is 0. The maximum absolute atomic E-state index is 12.2. The molecule has 0 N–H and O–H groups in total. The number of ether oxygens (including phenoxy) is 1. The van der Waals surface area contributed by atoms with E-state index < -0.39 is 5.60 Å². The van der Waals surface area contributed by atoms with Gasteiger partial charge in [-0.1, -0.05) is 20.4 Å². The molecule has 1 aromatic heterocycles. The van der Waals surface area contributed by atoms with Crippen molar-refractivity contribution in [3.05, 3.63) is 39.5 Å². The Bertz CT molecular complexity index is 651. The van der Waals surface area contributed by atoms with Gasteiger partial charge < -0.3 is 9.15 Å². The SMILES string of the molecule is C=C1CCCC(C)(C)C12Cc1c(c(C)c(C)oc1=O)O2. The highest BCUT2D eigenvalue weighted by molar-refractivity contribution is 5.48. The summed E-state index contributed by atoms with van der Waals surface area (Å²) in [7, 11) is 0. The van der Waals surface area contributed by atoms with Crippen LogP contribution in [-0.4, -0.2) is 5.60 Å². The molecule has 2 heterocycles. The van der Waals surface area contributed by atoms with Crippen molar-refractivity contribution in [1.29, 1.82) is 0 Å². The third-order valence-electron chi connectivity index (χ3n) is 5.28. The van der Waals surface area contributed by atoms with Gasteiger partial charge in [-0.2, -0.15) is 0 Å². The zero-order chi connectivity index (χ0) is 14.7. The highest BCUT2D eigenvalue weighted by Crippen LogP contribution is 2.54. The second kappa shape index (κ2) is 4.00. The van der Waals surface area contributed by atoms with E-state index in [1.54, 1.807) is 0 Å². The second-order valence-electron chi connectivity index (χ2n) is 6.83. The van der Waals surface area contributed by atoms with Crippen LogP contribution < -0.4 is 10.4 Å². The number of hydrogen-bond donors (Lipinski definition) is 0. The molecule has 108 valence electrons. The van der Waals surface area contributed by atoms with Crippen molar-refractivity contribution in [1.82, 2.24) is 0 Å². The van der Waals surface area contributed by atoms with Crippen LogP contribution in [0.15, 0.2) is 21.4 Å². The molecule has 1 saturated carbocycles. The maximum Gasteiger partial charge on any atom is 0.343 e. The fraction of sp³-hybridized carbons (Fsp3) is 0.588. The predicted molar refractivity (Wildman–Crippen MR) is 78.3 cm³/mol. The van der Waals surface area contributed by atoms with Crippen molar-refractivity contribution in [3.8, 4) is 5.75 Å². The zero-order valence-corrected chi connectivity index (χ0v) is 12.8. The monoisotopic (exact) mass is 274 g/mol. The lowest BCUT2D eigenvalue weighted by Crippen LogP contribution is -2.52. The summed E-state index contributed by atoms with van der Waals surface area (Å²) in [6.07, 6.45) is 3.79. The van der Waals surface area contributed by atoms with E-state index in [0.29, 0.717) is 17.7 Å². The molecule has 1 aliphatic heterocycles. The molecule has 3 nitrogen and oxygen atoms in total. The summed E-state index contributed by atoms with van der Waals surface area (Å²) in [5.41, 5.74) is 2.01. The summed E-state index contributed by atoms with van der Waals surface area (Å²) in [5.74, 6) is 1.37. The van der Waals surface area contributed by atoms with Crippen LogP contribution in [0.2, 0.25) is 0 Å². The third kappa shape index (κ3) is 1.55. The second-order valence-corrected chi connectivity index (χ2v) is 6.83. The van der Waals surface area contributed by atoms with Gasteiger partial charge in [-0.3, -0.25) is 0 Å². The average molecular weight is 274 g/mol. The maximum atomic E-state index is 12.2. The molecule has 1 unspecified atom stereocenters. The first kappa shape index (κ1) is 13.5. The molecule has 1 atom stereocenters. The van der Waals surface area contributed by atoms with Crippen molar-refractivity contribution in [2.75, 3.05) is 0 Å². The summed E-state index contributed by atoms with van der Waals surface area (Å²) in [4.78, 5) is 12.2. The molecule has 0 bridgehead atoms. The quantitative estimate of drug-likeness (QED) is 0.677. The minimum absolute atomic E-state index is 0.0197. The normalized spacial score (nSPS) is 27.5. The van der Waals surface area contributed by atoms with Crippen LogP contribution in [0.5, 0.6) is 5.75 Å². The minimum Gasteiger partial charge on any atom is -0.481 e. The first-order valence-electron chi connectivity index (χ1n) is 7.29. The Morgan fingerprint density at radius 2 is 1.95 bits per heavy atom. The Kier molecular flexibility index (Phi) is 2.69.